The Labute approximate surface area is 194 Å². The van der Waals surface area contributed by atoms with Crippen LogP contribution in [0.1, 0.15) is 12.8 Å². The zero-order valence-corrected chi connectivity index (χ0v) is 19.2. The number of nitrogens with zero attached hydrogens (tertiary/aromatic N) is 4. The van der Waals surface area contributed by atoms with Crippen molar-refractivity contribution in [1.82, 2.24) is 24.9 Å². The second kappa shape index (κ2) is 16.3. The highest BCUT2D eigenvalue weighted by Gasteiger charge is 2.20. The molecular weight excluding hydrogens is 436 g/mol. The van der Waals surface area contributed by atoms with E-state index in [9.17, 15) is 34.5 Å². The van der Waals surface area contributed by atoms with Crippen LogP contribution < -0.4 is 11.1 Å². The molecule has 190 valence electrons. The van der Waals surface area contributed by atoms with Crippen LogP contribution in [0.3, 0.4) is 0 Å². The van der Waals surface area contributed by atoms with E-state index in [4.69, 9.17) is 5.73 Å². The zero-order chi connectivity index (χ0) is 24.6. The summed E-state index contributed by atoms with van der Waals surface area (Å²) in [4.78, 5) is 53.1. The largest absolute Gasteiger partial charge is 0.480 e. The Morgan fingerprint density at radius 2 is 0.939 bits per heavy atom. The molecule has 0 aromatic heterocycles. The number of carboxylic acids is 3. The van der Waals surface area contributed by atoms with Crippen LogP contribution in [0.4, 0.5) is 0 Å². The number of amides is 1. The molecule has 33 heavy (non-hydrogen) atoms. The van der Waals surface area contributed by atoms with Crippen LogP contribution in [0.15, 0.2) is 0 Å². The minimum Gasteiger partial charge on any atom is -0.480 e. The summed E-state index contributed by atoms with van der Waals surface area (Å²) in [7, 11) is 0. The van der Waals surface area contributed by atoms with Crippen molar-refractivity contribution in [2.75, 3.05) is 91.6 Å². The van der Waals surface area contributed by atoms with Crippen LogP contribution in [0.2, 0.25) is 0 Å². The summed E-state index contributed by atoms with van der Waals surface area (Å²) in [5, 5.41) is 30.5. The number of carboxylic acid groups (broad SMARTS) is 3. The average Bonchev–Trinajstić information content (AvgIpc) is 2.72. The number of aliphatic carboxylic acids is 3. The Morgan fingerprint density at radius 3 is 1.24 bits per heavy atom. The summed E-state index contributed by atoms with van der Waals surface area (Å²) in [6, 6.07) is 0. The highest BCUT2D eigenvalue weighted by molar-refractivity contribution is 5.78. The van der Waals surface area contributed by atoms with Gasteiger partial charge >= 0.3 is 17.9 Å². The molecule has 1 saturated heterocycles. The van der Waals surface area contributed by atoms with Gasteiger partial charge in [0.1, 0.15) is 0 Å². The molecule has 0 atom stereocenters. The number of hydrogen-bond donors (Lipinski definition) is 5. The number of unbranched alkanes of at least 4 members (excludes halogenated alkanes) is 1. The average molecular weight is 475 g/mol. The molecule has 0 saturated carbocycles. The van der Waals surface area contributed by atoms with Crippen molar-refractivity contribution in [3.63, 3.8) is 0 Å². The van der Waals surface area contributed by atoms with Crippen molar-refractivity contribution in [3.8, 4) is 0 Å². The van der Waals surface area contributed by atoms with Crippen molar-refractivity contribution in [2.24, 2.45) is 5.73 Å². The summed E-state index contributed by atoms with van der Waals surface area (Å²) < 4.78 is 0. The van der Waals surface area contributed by atoms with E-state index in [-0.39, 0.29) is 32.1 Å². The summed E-state index contributed by atoms with van der Waals surface area (Å²) in [6.07, 6.45) is 1.60. The van der Waals surface area contributed by atoms with Crippen molar-refractivity contribution in [2.45, 2.75) is 12.8 Å². The quantitative estimate of drug-likeness (QED) is 0.185. The molecule has 1 fully saturated rings. The number of carbonyl (C=O) groups is 4. The number of rotatable bonds is 12. The van der Waals surface area contributed by atoms with E-state index < -0.39 is 17.9 Å². The molecule has 0 aromatic rings. The van der Waals surface area contributed by atoms with Crippen LogP contribution in [-0.2, 0) is 19.2 Å². The van der Waals surface area contributed by atoms with Crippen LogP contribution in [0.5, 0.6) is 0 Å². The predicted molar refractivity (Wildman–Crippen MR) is 120 cm³/mol. The first-order chi connectivity index (χ1) is 15.7. The first kappa shape index (κ1) is 28.7. The van der Waals surface area contributed by atoms with Crippen LogP contribution in [-0.4, -0.2) is 150 Å². The number of nitrogens with one attached hydrogen (secondary N) is 1. The summed E-state index contributed by atoms with van der Waals surface area (Å²) in [5.41, 5.74) is 5.46. The first-order valence-electron chi connectivity index (χ1n) is 11.2. The van der Waals surface area contributed by atoms with Gasteiger partial charge in [0.25, 0.3) is 0 Å². The second-order valence-electron chi connectivity index (χ2n) is 8.13. The van der Waals surface area contributed by atoms with E-state index >= 15 is 0 Å². The van der Waals surface area contributed by atoms with Crippen molar-refractivity contribution < 1.29 is 34.5 Å². The van der Waals surface area contributed by atoms with Gasteiger partial charge in [0.15, 0.2) is 0 Å². The van der Waals surface area contributed by atoms with Gasteiger partial charge in [-0.05, 0) is 19.4 Å². The predicted octanol–water partition coefficient (Wildman–Crippen LogP) is -2.68. The van der Waals surface area contributed by atoms with Crippen LogP contribution >= 0.6 is 0 Å². The monoisotopic (exact) mass is 474 g/mol. The molecule has 0 aliphatic carbocycles. The Balaban J connectivity index is 2.86. The fraction of sp³-hybridized carbons (Fsp3) is 0.800. The summed E-state index contributed by atoms with van der Waals surface area (Å²) >= 11 is 0. The molecule has 0 spiro atoms. The van der Waals surface area contributed by atoms with E-state index in [2.05, 4.69) is 5.32 Å². The molecule has 6 N–H and O–H groups in total. The smallest absolute Gasteiger partial charge is 0.317 e. The lowest BCUT2D eigenvalue weighted by molar-refractivity contribution is -0.140. The lowest BCUT2D eigenvalue weighted by Gasteiger charge is -2.32. The van der Waals surface area contributed by atoms with E-state index in [0.29, 0.717) is 65.4 Å². The normalized spacial score (nSPS) is 18.2. The third-order valence-corrected chi connectivity index (χ3v) is 5.33. The Kier molecular flexibility index (Phi) is 14.2. The van der Waals surface area contributed by atoms with Crippen molar-refractivity contribution >= 4 is 23.8 Å². The molecule has 0 radical (unpaired) electrons. The van der Waals surface area contributed by atoms with Gasteiger partial charge in [0, 0.05) is 58.9 Å². The molecule has 1 aliphatic rings. The van der Waals surface area contributed by atoms with Crippen molar-refractivity contribution in [3.05, 3.63) is 0 Å². The van der Waals surface area contributed by atoms with Crippen LogP contribution in [0.25, 0.3) is 0 Å². The standard InChI is InChI=1S/C20H38N6O7/c21-3-1-2-4-22-17(27)13-23-5-7-24(14-18(28)29)9-11-26(16-20(32)33)12-10-25(8-6-23)15-19(30)31/h1-16,21H2,(H,22,27)(H,28,29)(H,30,31)(H,32,33). The third-order valence-electron chi connectivity index (χ3n) is 5.33. The molecule has 1 amide bonds. The minimum absolute atomic E-state index is 0.121. The highest BCUT2D eigenvalue weighted by Crippen LogP contribution is 2.01. The molecular formula is C20H38N6O7. The fourth-order valence-corrected chi connectivity index (χ4v) is 3.54. The van der Waals surface area contributed by atoms with E-state index in [1.807, 2.05) is 4.90 Å². The van der Waals surface area contributed by atoms with Crippen molar-refractivity contribution in [1.29, 1.82) is 0 Å². The van der Waals surface area contributed by atoms with Gasteiger partial charge in [-0.3, -0.25) is 38.8 Å². The maximum Gasteiger partial charge on any atom is 0.317 e. The second-order valence-corrected chi connectivity index (χ2v) is 8.13. The maximum atomic E-state index is 12.4. The molecule has 1 rings (SSSR count). The number of carbonyl (C=O) groups excluding carboxylic acids is 1. The van der Waals surface area contributed by atoms with E-state index in [0.717, 1.165) is 12.8 Å². The zero-order valence-electron chi connectivity index (χ0n) is 19.2. The fourth-order valence-electron chi connectivity index (χ4n) is 3.54. The van der Waals surface area contributed by atoms with Gasteiger partial charge in [0.05, 0.1) is 26.2 Å². The summed E-state index contributed by atoms with van der Waals surface area (Å²) in [6.45, 7) is 3.58. The molecule has 13 nitrogen and oxygen atoms in total. The lowest BCUT2D eigenvalue weighted by atomic mass is 10.3. The molecule has 0 aromatic carbocycles. The van der Waals surface area contributed by atoms with E-state index in [1.165, 1.54) is 0 Å². The molecule has 1 aliphatic heterocycles. The summed E-state index contributed by atoms with van der Waals surface area (Å²) in [5.74, 6) is -3.12. The molecule has 0 bridgehead atoms. The first-order valence-corrected chi connectivity index (χ1v) is 11.2. The van der Waals surface area contributed by atoms with Gasteiger partial charge in [-0.1, -0.05) is 0 Å². The van der Waals surface area contributed by atoms with Gasteiger partial charge in [0.2, 0.25) is 5.91 Å². The van der Waals surface area contributed by atoms with Gasteiger partial charge in [-0.15, -0.1) is 0 Å². The van der Waals surface area contributed by atoms with Gasteiger partial charge < -0.3 is 26.4 Å². The van der Waals surface area contributed by atoms with Gasteiger partial charge in [-0.25, -0.2) is 0 Å². The Bertz CT molecular complexity index is 604. The molecule has 1 heterocycles. The lowest BCUT2D eigenvalue weighted by Crippen LogP contribution is -2.49. The molecule has 0 unspecified atom stereocenters. The number of nitrogens with two attached hydrogens (primary N) is 1. The molecule has 13 heteroatoms. The highest BCUT2D eigenvalue weighted by atomic mass is 16.4. The van der Waals surface area contributed by atoms with E-state index in [1.54, 1.807) is 14.7 Å². The Hall–Kier alpha value is -2.32. The Morgan fingerprint density at radius 1 is 0.606 bits per heavy atom. The topological polar surface area (TPSA) is 180 Å². The number of hydrogen-bond acceptors (Lipinski definition) is 9. The van der Waals surface area contributed by atoms with Gasteiger partial charge in [-0.2, -0.15) is 0 Å². The maximum absolute atomic E-state index is 12.4. The third kappa shape index (κ3) is 14.4. The van der Waals surface area contributed by atoms with Crippen LogP contribution in [0, 0.1) is 0 Å². The SMILES string of the molecule is NCCCCNC(=O)CN1CCN(CC(=O)O)CCN(CC(=O)O)CCN(CC(=O)O)CC1. The minimum atomic E-state index is -1.000.